The van der Waals surface area contributed by atoms with E-state index >= 15 is 0 Å². The van der Waals surface area contributed by atoms with E-state index in [-0.39, 0.29) is 0 Å². The second-order valence-corrected chi connectivity index (χ2v) is 3.73. The molecule has 0 amide bonds. The molecule has 0 fully saturated rings. The van der Waals surface area contributed by atoms with Crippen molar-refractivity contribution >= 4 is 0 Å². The number of rotatable bonds is 7. The fourth-order valence-electron chi connectivity index (χ4n) is 1.56. The van der Waals surface area contributed by atoms with E-state index in [1.54, 1.807) is 0 Å². The van der Waals surface area contributed by atoms with E-state index in [9.17, 15) is 0 Å². The first-order valence-electron chi connectivity index (χ1n) is 5.10. The third-order valence-corrected chi connectivity index (χ3v) is 2.11. The van der Waals surface area contributed by atoms with Crippen LogP contribution in [-0.2, 0) is 0 Å². The summed E-state index contributed by atoms with van der Waals surface area (Å²) in [5, 5.41) is 3.23. The predicted molar refractivity (Wildman–Crippen MR) is 60.9 cm³/mol. The number of hydrogen-bond acceptors (Lipinski definition) is 1. The second-order valence-electron chi connectivity index (χ2n) is 3.73. The highest BCUT2D eigenvalue weighted by atomic mass is 14.8. The largest absolute Gasteiger partial charge is 0.319 e. The summed E-state index contributed by atoms with van der Waals surface area (Å²) in [6.45, 7) is 9.25. The van der Waals surface area contributed by atoms with Crippen molar-refractivity contribution in [1.82, 2.24) is 5.32 Å². The molecule has 1 nitrogen and oxygen atoms in total. The molecule has 1 N–H and O–H groups in total. The van der Waals surface area contributed by atoms with Gasteiger partial charge in [0.2, 0.25) is 0 Å². The molecule has 76 valence electrons. The summed E-state index contributed by atoms with van der Waals surface area (Å²) in [7, 11) is 2.01. The molecule has 0 aliphatic heterocycles. The van der Waals surface area contributed by atoms with Crippen molar-refractivity contribution in [3.05, 3.63) is 24.3 Å². The normalized spacial score (nSPS) is 13.5. The molecular formula is C12H23N. The van der Waals surface area contributed by atoms with Crippen molar-refractivity contribution in [3.8, 4) is 0 Å². The van der Waals surface area contributed by atoms with Gasteiger partial charge < -0.3 is 5.32 Å². The predicted octanol–water partition coefficient (Wildman–Crippen LogP) is 3.14. The van der Waals surface area contributed by atoms with Crippen LogP contribution in [-0.4, -0.2) is 13.6 Å². The molecule has 1 unspecified atom stereocenters. The zero-order valence-corrected chi connectivity index (χ0v) is 9.27. The van der Waals surface area contributed by atoms with E-state index in [0.717, 1.165) is 18.9 Å². The summed E-state index contributed by atoms with van der Waals surface area (Å²) in [5.41, 5.74) is 1.29. The van der Waals surface area contributed by atoms with Gasteiger partial charge >= 0.3 is 0 Å². The lowest BCUT2D eigenvalue weighted by Crippen LogP contribution is -2.18. The minimum Gasteiger partial charge on any atom is -0.319 e. The van der Waals surface area contributed by atoms with E-state index in [0.29, 0.717) is 0 Å². The second kappa shape index (κ2) is 8.06. The highest BCUT2D eigenvalue weighted by Crippen LogP contribution is 2.15. The highest BCUT2D eigenvalue weighted by molar-refractivity contribution is 4.91. The molecule has 0 saturated heterocycles. The number of hydrogen-bond donors (Lipinski definition) is 1. The van der Waals surface area contributed by atoms with Crippen molar-refractivity contribution in [2.45, 2.75) is 33.1 Å². The lowest BCUT2D eigenvalue weighted by atomic mass is 9.96. The molecular weight excluding hydrogens is 158 g/mol. The Balaban J connectivity index is 3.72. The van der Waals surface area contributed by atoms with Crippen LogP contribution in [0, 0.1) is 5.92 Å². The van der Waals surface area contributed by atoms with Crippen LogP contribution >= 0.6 is 0 Å². The first-order valence-corrected chi connectivity index (χ1v) is 5.10. The number of nitrogens with one attached hydrogen (secondary N) is 1. The smallest absolute Gasteiger partial charge is 0.00204 e. The summed E-state index contributed by atoms with van der Waals surface area (Å²) in [6.07, 6.45) is 7.96. The fraction of sp³-hybridized carbons (Fsp3) is 0.667. The van der Waals surface area contributed by atoms with Gasteiger partial charge in [0.05, 0.1) is 0 Å². The Kier molecular flexibility index (Phi) is 7.71. The van der Waals surface area contributed by atoms with Gasteiger partial charge in [-0.25, -0.2) is 0 Å². The van der Waals surface area contributed by atoms with Crippen LogP contribution in [0.2, 0.25) is 0 Å². The zero-order valence-electron chi connectivity index (χ0n) is 9.27. The first kappa shape index (κ1) is 12.4. The summed E-state index contributed by atoms with van der Waals surface area (Å²) >= 11 is 0. The van der Waals surface area contributed by atoms with Crippen LogP contribution < -0.4 is 5.32 Å². The summed E-state index contributed by atoms with van der Waals surface area (Å²) in [6, 6.07) is 0. The van der Waals surface area contributed by atoms with Crippen LogP contribution in [0.4, 0.5) is 0 Å². The molecule has 13 heavy (non-hydrogen) atoms. The van der Waals surface area contributed by atoms with Crippen molar-refractivity contribution in [1.29, 1.82) is 0 Å². The molecule has 0 radical (unpaired) electrons. The molecule has 1 atom stereocenters. The Hall–Kier alpha value is -0.560. The molecule has 0 spiro atoms. The molecule has 0 heterocycles. The monoisotopic (exact) mass is 181 g/mol. The van der Waals surface area contributed by atoms with Crippen LogP contribution in [0.5, 0.6) is 0 Å². The van der Waals surface area contributed by atoms with E-state index in [2.05, 4.69) is 37.9 Å². The van der Waals surface area contributed by atoms with E-state index in [4.69, 9.17) is 0 Å². The third kappa shape index (κ3) is 7.79. The first-order chi connectivity index (χ1) is 6.20. The van der Waals surface area contributed by atoms with Gasteiger partial charge in [-0.3, -0.25) is 0 Å². The van der Waals surface area contributed by atoms with Gasteiger partial charge in [0.15, 0.2) is 0 Å². The molecule has 1 heteroatoms. The van der Waals surface area contributed by atoms with Gasteiger partial charge in [0.25, 0.3) is 0 Å². The van der Waals surface area contributed by atoms with Crippen molar-refractivity contribution < 1.29 is 0 Å². The maximum absolute atomic E-state index is 3.96. The molecule has 0 aliphatic rings. The Morgan fingerprint density at radius 3 is 2.69 bits per heavy atom. The fourth-order valence-corrected chi connectivity index (χ4v) is 1.56. The van der Waals surface area contributed by atoms with Crippen LogP contribution in [0.15, 0.2) is 24.3 Å². The standard InChI is InChI=1S/C12H23N/c1-5-6-7-8-12(10-13-4)9-11(2)3/h5-6,12-13H,2,7-10H2,1,3-4H3/b6-5+. The van der Waals surface area contributed by atoms with Gasteiger partial charge in [-0.1, -0.05) is 17.7 Å². The van der Waals surface area contributed by atoms with Gasteiger partial charge in [-0.2, -0.15) is 0 Å². The average Bonchev–Trinajstić information content (AvgIpc) is 2.04. The van der Waals surface area contributed by atoms with Crippen molar-refractivity contribution in [2.75, 3.05) is 13.6 Å². The zero-order chi connectivity index (χ0) is 10.1. The minimum absolute atomic E-state index is 0.749. The quantitative estimate of drug-likeness (QED) is 0.595. The van der Waals surface area contributed by atoms with Crippen molar-refractivity contribution in [2.24, 2.45) is 5.92 Å². The van der Waals surface area contributed by atoms with Gasteiger partial charge in [0, 0.05) is 0 Å². The third-order valence-electron chi connectivity index (χ3n) is 2.11. The summed E-state index contributed by atoms with van der Waals surface area (Å²) < 4.78 is 0. The van der Waals surface area contributed by atoms with Gasteiger partial charge in [0.1, 0.15) is 0 Å². The molecule has 0 aliphatic carbocycles. The summed E-state index contributed by atoms with van der Waals surface area (Å²) in [5.74, 6) is 0.749. The molecule has 0 aromatic heterocycles. The van der Waals surface area contributed by atoms with Gasteiger partial charge in [-0.05, 0) is 52.6 Å². The SMILES string of the molecule is C=C(C)CC(CC/C=C/C)CNC. The molecule has 0 aromatic rings. The molecule has 0 rings (SSSR count). The Morgan fingerprint density at radius 2 is 2.23 bits per heavy atom. The Bertz CT molecular complexity index is 159. The van der Waals surface area contributed by atoms with E-state index < -0.39 is 0 Å². The number of allylic oxidation sites excluding steroid dienone is 3. The van der Waals surface area contributed by atoms with E-state index in [1.165, 1.54) is 18.4 Å². The van der Waals surface area contributed by atoms with Crippen molar-refractivity contribution in [3.63, 3.8) is 0 Å². The topological polar surface area (TPSA) is 12.0 Å². The average molecular weight is 181 g/mol. The maximum Gasteiger partial charge on any atom is -0.00204 e. The van der Waals surface area contributed by atoms with Crippen LogP contribution in [0.25, 0.3) is 0 Å². The Morgan fingerprint density at radius 1 is 1.54 bits per heavy atom. The molecule has 0 bridgehead atoms. The minimum atomic E-state index is 0.749. The van der Waals surface area contributed by atoms with Gasteiger partial charge in [-0.15, -0.1) is 6.58 Å². The maximum atomic E-state index is 3.96. The van der Waals surface area contributed by atoms with Crippen LogP contribution in [0.3, 0.4) is 0 Å². The highest BCUT2D eigenvalue weighted by Gasteiger charge is 2.06. The molecule has 0 saturated carbocycles. The Labute approximate surface area is 82.9 Å². The van der Waals surface area contributed by atoms with Crippen LogP contribution in [0.1, 0.15) is 33.1 Å². The lowest BCUT2D eigenvalue weighted by molar-refractivity contribution is 0.464. The lowest BCUT2D eigenvalue weighted by Gasteiger charge is -2.15. The summed E-state index contributed by atoms with van der Waals surface area (Å²) in [4.78, 5) is 0. The van der Waals surface area contributed by atoms with E-state index in [1.807, 2.05) is 7.05 Å². The molecule has 0 aromatic carbocycles.